The van der Waals surface area contributed by atoms with Gasteiger partial charge in [0, 0.05) is 25.9 Å². The molecule has 7 heteroatoms. The Labute approximate surface area is 114 Å². The summed E-state index contributed by atoms with van der Waals surface area (Å²) in [6, 6.07) is 0.337. The number of hydrogen-bond acceptors (Lipinski definition) is 6. The van der Waals surface area contributed by atoms with E-state index in [-0.39, 0.29) is 0 Å². The Bertz CT molecular complexity index is 349. The zero-order chi connectivity index (χ0) is 12.7. The molecule has 0 bridgehead atoms. The largest absolute Gasteiger partial charge is 0.383 e. The maximum absolute atomic E-state index is 7.80. The second kappa shape index (κ2) is 7.38. The van der Waals surface area contributed by atoms with Crippen LogP contribution in [0, 0.1) is 10.8 Å². The molecule has 4 N–H and O–H groups in total. The van der Waals surface area contributed by atoms with Crippen molar-refractivity contribution in [1.82, 2.24) is 10.7 Å². The smallest absolute Gasteiger partial charge is 0.142 e. The van der Waals surface area contributed by atoms with E-state index in [1.807, 2.05) is 22.6 Å². The molecule has 94 valence electrons. The summed E-state index contributed by atoms with van der Waals surface area (Å²) in [4.78, 5) is 0. The fourth-order valence-corrected chi connectivity index (χ4v) is 1.58. The molecule has 0 spiro atoms. The second-order valence-electron chi connectivity index (χ2n) is 3.55. The van der Waals surface area contributed by atoms with Crippen molar-refractivity contribution in [2.45, 2.75) is 12.5 Å². The number of nitrogens with zero attached hydrogens (tertiary/aromatic N) is 1. The fraction of sp³-hybridized carbons (Fsp3) is 0.500. The van der Waals surface area contributed by atoms with Crippen LogP contribution < -0.4 is 10.7 Å². The van der Waals surface area contributed by atoms with Crippen LogP contribution in [0.2, 0.25) is 0 Å². The van der Waals surface area contributed by atoms with Crippen LogP contribution in [0.1, 0.15) is 6.42 Å². The van der Waals surface area contributed by atoms with Crippen molar-refractivity contribution in [2.24, 2.45) is 5.10 Å². The normalized spacial score (nSPS) is 17.3. The molecule has 1 heterocycles. The van der Waals surface area contributed by atoms with E-state index in [1.165, 1.54) is 6.21 Å². The monoisotopic (exact) mass is 349 g/mol. The van der Waals surface area contributed by atoms with E-state index in [1.54, 1.807) is 13.2 Å². The summed E-state index contributed by atoms with van der Waals surface area (Å²) >= 11 is 2.00. The van der Waals surface area contributed by atoms with E-state index in [9.17, 15) is 0 Å². The molecule has 0 aromatic carbocycles. The van der Waals surface area contributed by atoms with E-state index < -0.39 is 0 Å². The van der Waals surface area contributed by atoms with Gasteiger partial charge in [0.2, 0.25) is 0 Å². The molecule has 1 aliphatic rings. The lowest BCUT2D eigenvalue weighted by Crippen LogP contribution is -2.43. The van der Waals surface area contributed by atoms with E-state index >= 15 is 0 Å². The average molecular weight is 349 g/mol. The molecular weight excluding hydrogens is 333 g/mol. The second-order valence-corrected chi connectivity index (χ2v) is 4.57. The van der Waals surface area contributed by atoms with Gasteiger partial charge in [-0.25, -0.2) is 0 Å². The third-order valence-corrected chi connectivity index (χ3v) is 3.06. The van der Waals surface area contributed by atoms with Gasteiger partial charge in [-0.1, -0.05) is 0 Å². The van der Waals surface area contributed by atoms with Crippen molar-refractivity contribution < 1.29 is 4.74 Å². The zero-order valence-electron chi connectivity index (χ0n) is 9.59. The van der Waals surface area contributed by atoms with Crippen LogP contribution in [0.25, 0.3) is 0 Å². The highest BCUT2D eigenvalue weighted by atomic mass is 127. The van der Waals surface area contributed by atoms with Crippen molar-refractivity contribution >= 4 is 38.2 Å². The highest BCUT2D eigenvalue weighted by molar-refractivity contribution is 14.1. The SMILES string of the molecule is CN/N=C(/I)C(=N)C/C(C=N)=C/NC1COC1. The molecule has 1 saturated heterocycles. The minimum absolute atomic E-state index is 0.337. The molecule has 6 nitrogen and oxygen atoms in total. The highest BCUT2D eigenvalue weighted by Crippen LogP contribution is 2.05. The van der Waals surface area contributed by atoms with Gasteiger partial charge >= 0.3 is 0 Å². The standard InChI is InChI=1S/C10H16IN5O/c1-14-16-10(11)9(13)2-7(3-12)4-15-8-5-17-6-8/h3-4,8,12-15H,2,5-6H2,1H3/b7-4-,12-3?,13-9?,16-10+. The lowest BCUT2D eigenvalue weighted by atomic mass is 10.1. The first-order valence-corrected chi connectivity index (χ1v) is 6.26. The van der Waals surface area contributed by atoms with Gasteiger partial charge in [-0.2, -0.15) is 5.10 Å². The number of hydrogen-bond donors (Lipinski definition) is 4. The summed E-state index contributed by atoms with van der Waals surface area (Å²) in [7, 11) is 1.69. The number of nitrogens with one attached hydrogen (secondary N) is 4. The molecule has 0 unspecified atom stereocenters. The first-order valence-electron chi connectivity index (χ1n) is 5.18. The summed E-state index contributed by atoms with van der Waals surface area (Å²) < 4.78 is 5.63. The van der Waals surface area contributed by atoms with E-state index in [0.717, 1.165) is 5.57 Å². The Balaban J connectivity index is 2.47. The van der Waals surface area contributed by atoms with Crippen LogP contribution in [0.5, 0.6) is 0 Å². The van der Waals surface area contributed by atoms with Crippen LogP contribution in [-0.4, -0.2) is 41.9 Å². The minimum atomic E-state index is 0.337. The average Bonchev–Trinajstić information content (AvgIpc) is 2.25. The molecular formula is C10H16IN5O. The van der Waals surface area contributed by atoms with Gasteiger partial charge in [0.1, 0.15) is 3.72 Å². The van der Waals surface area contributed by atoms with Crippen molar-refractivity contribution in [3.8, 4) is 0 Å². The maximum Gasteiger partial charge on any atom is 0.142 e. The molecule has 1 fully saturated rings. The van der Waals surface area contributed by atoms with Gasteiger partial charge in [-0.15, -0.1) is 0 Å². The Morgan fingerprint density at radius 1 is 1.59 bits per heavy atom. The molecule has 0 amide bonds. The van der Waals surface area contributed by atoms with E-state index in [2.05, 4.69) is 15.8 Å². The quantitative estimate of drug-likeness (QED) is 0.312. The van der Waals surface area contributed by atoms with Crippen molar-refractivity contribution in [3.05, 3.63) is 11.8 Å². The summed E-state index contributed by atoms with van der Waals surface area (Å²) in [6.45, 7) is 1.41. The number of rotatable bonds is 7. The third kappa shape index (κ3) is 4.82. The molecule has 0 atom stereocenters. The van der Waals surface area contributed by atoms with Crippen LogP contribution in [0.3, 0.4) is 0 Å². The Hall–Kier alpha value is -0.960. The number of halogens is 1. The number of hydrazone groups is 1. The molecule has 17 heavy (non-hydrogen) atoms. The van der Waals surface area contributed by atoms with Gasteiger partial charge in [-0.3, -0.25) is 0 Å². The molecule has 1 rings (SSSR count). The van der Waals surface area contributed by atoms with Crippen LogP contribution in [0.15, 0.2) is 16.9 Å². The lowest BCUT2D eigenvalue weighted by molar-refractivity contribution is 0.000711. The highest BCUT2D eigenvalue weighted by Gasteiger charge is 2.16. The molecule has 0 aromatic rings. The summed E-state index contributed by atoms with van der Waals surface area (Å²) in [6.07, 6.45) is 3.43. The molecule has 0 radical (unpaired) electrons. The summed E-state index contributed by atoms with van der Waals surface area (Å²) in [5.74, 6) is 0. The predicted molar refractivity (Wildman–Crippen MR) is 77.5 cm³/mol. The molecule has 1 aliphatic heterocycles. The van der Waals surface area contributed by atoms with Gasteiger partial charge < -0.3 is 26.3 Å². The first-order chi connectivity index (χ1) is 8.17. The Kier molecular flexibility index (Phi) is 6.12. The number of ether oxygens (including phenoxy) is 1. The Morgan fingerprint density at radius 3 is 2.76 bits per heavy atom. The summed E-state index contributed by atoms with van der Waals surface area (Å²) in [5.41, 5.74) is 3.78. The van der Waals surface area contributed by atoms with Crippen LogP contribution in [-0.2, 0) is 4.74 Å². The van der Waals surface area contributed by atoms with Gasteiger partial charge in [-0.05, 0) is 28.2 Å². The minimum Gasteiger partial charge on any atom is -0.383 e. The van der Waals surface area contributed by atoms with Crippen LogP contribution in [0.4, 0.5) is 0 Å². The van der Waals surface area contributed by atoms with Gasteiger partial charge in [0.15, 0.2) is 0 Å². The van der Waals surface area contributed by atoms with Crippen molar-refractivity contribution in [1.29, 1.82) is 10.8 Å². The maximum atomic E-state index is 7.80. The van der Waals surface area contributed by atoms with E-state index in [4.69, 9.17) is 15.6 Å². The van der Waals surface area contributed by atoms with Crippen molar-refractivity contribution in [3.63, 3.8) is 0 Å². The van der Waals surface area contributed by atoms with E-state index in [0.29, 0.717) is 35.1 Å². The molecule has 0 saturated carbocycles. The third-order valence-electron chi connectivity index (χ3n) is 2.17. The Morgan fingerprint density at radius 2 is 2.29 bits per heavy atom. The predicted octanol–water partition coefficient (Wildman–Crippen LogP) is 0.886. The first kappa shape index (κ1) is 14.1. The number of allylic oxidation sites excluding steroid dienone is 1. The fourth-order valence-electron chi connectivity index (χ4n) is 1.14. The lowest BCUT2D eigenvalue weighted by Gasteiger charge is -2.26. The molecule has 0 aromatic heterocycles. The van der Waals surface area contributed by atoms with Crippen molar-refractivity contribution in [2.75, 3.05) is 20.3 Å². The topological polar surface area (TPSA) is 93.4 Å². The van der Waals surface area contributed by atoms with Gasteiger partial charge in [0.25, 0.3) is 0 Å². The molecule has 0 aliphatic carbocycles. The summed E-state index contributed by atoms with van der Waals surface area (Å²) in [5, 5.41) is 22.2. The van der Waals surface area contributed by atoms with Crippen LogP contribution >= 0.6 is 22.6 Å². The van der Waals surface area contributed by atoms with Gasteiger partial charge in [0.05, 0.1) is 25.0 Å². The zero-order valence-corrected chi connectivity index (χ0v) is 11.7.